The first kappa shape index (κ1) is 13.4. The fourth-order valence-electron chi connectivity index (χ4n) is 1.93. The molecule has 0 saturated carbocycles. The van der Waals surface area contributed by atoms with Gasteiger partial charge in [-0.15, -0.1) is 11.6 Å². The van der Waals surface area contributed by atoms with Crippen LogP contribution in [-0.4, -0.2) is 0 Å². The molecule has 0 spiro atoms. The highest BCUT2D eigenvalue weighted by Crippen LogP contribution is 2.28. The van der Waals surface area contributed by atoms with Crippen molar-refractivity contribution in [2.24, 2.45) is 0 Å². The molecule has 0 aliphatic carbocycles. The Bertz CT molecular complexity index is 535. The lowest BCUT2D eigenvalue weighted by atomic mass is 10.00. The van der Waals surface area contributed by atoms with Crippen LogP contribution in [0.2, 0.25) is 5.02 Å². The van der Waals surface area contributed by atoms with Crippen molar-refractivity contribution in [1.82, 2.24) is 0 Å². The lowest BCUT2D eigenvalue weighted by molar-refractivity contribution is 0.625. The van der Waals surface area contributed by atoms with Crippen LogP contribution in [0.15, 0.2) is 42.5 Å². The third-order valence-electron chi connectivity index (χ3n) is 2.90. The van der Waals surface area contributed by atoms with Crippen molar-refractivity contribution >= 4 is 23.2 Å². The summed E-state index contributed by atoms with van der Waals surface area (Å²) in [7, 11) is 0. The third-order valence-corrected chi connectivity index (χ3v) is 3.54. The van der Waals surface area contributed by atoms with Crippen molar-refractivity contribution in [1.29, 1.82) is 0 Å². The van der Waals surface area contributed by atoms with E-state index in [2.05, 4.69) is 0 Å². The van der Waals surface area contributed by atoms with Crippen LogP contribution in [0, 0.1) is 12.7 Å². The van der Waals surface area contributed by atoms with Crippen molar-refractivity contribution in [3.63, 3.8) is 0 Å². The van der Waals surface area contributed by atoms with Crippen molar-refractivity contribution < 1.29 is 4.39 Å². The average Bonchev–Trinajstić information content (AvgIpc) is 2.32. The van der Waals surface area contributed by atoms with Crippen LogP contribution >= 0.6 is 23.2 Å². The molecule has 0 fully saturated rings. The topological polar surface area (TPSA) is 0 Å². The molecule has 3 heteroatoms. The zero-order valence-electron chi connectivity index (χ0n) is 9.96. The predicted octanol–water partition coefficient (Wildman–Crippen LogP) is 5.31. The lowest BCUT2D eigenvalue weighted by Crippen LogP contribution is -1.99. The number of halogens is 3. The molecular formula is C15H13Cl2F. The molecule has 0 nitrogen and oxygen atoms in total. The summed E-state index contributed by atoms with van der Waals surface area (Å²) in [5.41, 5.74) is 2.96. The lowest BCUT2D eigenvalue weighted by Gasteiger charge is -2.13. The first-order chi connectivity index (χ1) is 8.56. The Labute approximate surface area is 116 Å². The van der Waals surface area contributed by atoms with E-state index < -0.39 is 0 Å². The molecule has 1 unspecified atom stereocenters. The maximum Gasteiger partial charge on any atom is 0.123 e. The largest absolute Gasteiger partial charge is 0.207 e. The number of hydrogen-bond donors (Lipinski definition) is 0. The van der Waals surface area contributed by atoms with Gasteiger partial charge in [0.2, 0.25) is 0 Å². The Balaban J connectivity index is 2.16. The van der Waals surface area contributed by atoms with E-state index in [9.17, 15) is 4.39 Å². The van der Waals surface area contributed by atoms with E-state index in [1.54, 1.807) is 6.07 Å². The fraction of sp³-hybridized carbons (Fsp3) is 0.200. The Morgan fingerprint density at radius 2 is 1.78 bits per heavy atom. The maximum atomic E-state index is 13.0. The molecule has 0 aliphatic heterocycles. The summed E-state index contributed by atoms with van der Waals surface area (Å²) >= 11 is 12.2. The van der Waals surface area contributed by atoms with E-state index in [1.807, 2.05) is 31.2 Å². The highest BCUT2D eigenvalue weighted by atomic mass is 35.5. The van der Waals surface area contributed by atoms with E-state index in [4.69, 9.17) is 23.2 Å². The van der Waals surface area contributed by atoms with Crippen molar-refractivity contribution in [2.45, 2.75) is 18.7 Å². The summed E-state index contributed by atoms with van der Waals surface area (Å²) in [6.45, 7) is 1.87. The zero-order valence-corrected chi connectivity index (χ0v) is 11.5. The molecule has 18 heavy (non-hydrogen) atoms. The van der Waals surface area contributed by atoms with Crippen molar-refractivity contribution in [2.75, 3.05) is 0 Å². The van der Waals surface area contributed by atoms with Crippen LogP contribution in [0.5, 0.6) is 0 Å². The molecule has 0 bridgehead atoms. The second-order valence-electron chi connectivity index (χ2n) is 4.30. The molecule has 1 atom stereocenters. The Hall–Kier alpha value is -1.05. The quantitative estimate of drug-likeness (QED) is 0.669. The van der Waals surface area contributed by atoms with Crippen molar-refractivity contribution in [3.05, 3.63) is 70.0 Å². The molecule has 0 N–H and O–H groups in total. The second-order valence-corrected chi connectivity index (χ2v) is 5.26. The van der Waals surface area contributed by atoms with E-state index in [-0.39, 0.29) is 11.2 Å². The van der Waals surface area contributed by atoms with Gasteiger partial charge in [-0.25, -0.2) is 4.39 Å². The number of aryl methyl sites for hydroxylation is 1. The summed E-state index contributed by atoms with van der Waals surface area (Å²) in [5.74, 6) is -0.230. The average molecular weight is 283 g/mol. The highest BCUT2D eigenvalue weighted by Gasteiger charge is 2.12. The minimum Gasteiger partial charge on any atom is -0.207 e. The van der Waals surface area contributed by atoms with Gasteiger partial charge in [-0.2, -0.15) is 0 Å². The van der Waals surface area contributed by atoms with Gasteiger partial charge in [-0.05, 0) is 54.3 Å². The summed E-state index contributed by atoms with van der Waals surface area (Å²) in [4.78, 5) is 0. The minimum absolute atomic E-state index is 0.160. The third kappa shape index (κ3) is 3.24. The second kappa shape index (κ2) is 5.73. The number of rotatable bonds is 3. The van der Waals surface area contributed by atoms with Gasteiger partial charge in [0.25, 0.3) is 0 Å². The summed E-state index contributed by atoms with van der Waals surface area (Å²) < 4.78 is 13.0. The standard InChI is InChI=1S/C15H13Cl2F/c1-10-8-13(18)6-7-14(10)15(17)9-11-2-4-12(16)5-3-11/h2-8,15H,9H2,1H3. The summed E-state index contributed by atoms with van der Waals surface area (Å²) in [6.07, 6.45) is 0.700. The fourth-order valence-corrected chi connectivity index (χ4v) is 2.48. The molecule has 0 aliphatic rings. The number of benzene rings is 2. The summed E-state index contributed by atoms with van der Waals surface area (Å²) in [5, 5.41) is 0.551. The minimum atomic E-state index is -0.230. The molecule has 0 radical (unpaired) electrons. The zero-order chi connectivity index (χ0) is 13.1. The van der Waals surface area contributed by atoms with Crippen molar-refractivity contribution in [3.8, 4) is 0 Å². The predicted molar refractivity (Wildman–Crippen MR) is 74.9 cm³/mol. The van der Waals surface area contributed by atoms with Gasteiger partial charge in [-0.1, -0.05) is 29.8 Å². The maximum absolute atomic E-state index is 13.0. The molecular weight excluding hydrogens is 270 g/mol. The smallest absolute Gasteiger partial charge is 0.123 e. The van der Waals surface area contributed by atoms with Gasteiger partial charge in [0.1, 0.15) is 5.82 Å². The molecule has 2 aromatic carbocycles. The molecule has 0 saturated heterocycles. The Morgan fingerprint density at radius 3 is 2.39 bits per heavy atom. The van der Waals surface area contributed by atoms with Crippen LogP contribution in [0.3, 0.4) is 0 Å². The van der Waals surface area contributed by atoms with E-state index in [1.165, 1.54) is 12.1 Å². The highest BCUT2D eigenvalue weighted by molar-refractivity contribution is 6.30. The normalized spacial score (nSPS) is 12.4. The molecule has 2 aromatic rings. The van der Waals surface area contributed by atoms with Crippen LogP contribution in [-0.2, 0) is 6.42 Å². The Kier molecular flexibility index (Phi) is 4.26. The molecule has 0 heterocycles. The van der Waals surface area contributed by atoms with Crippen LogP contribution in [0.4, 0.5) is 4.39 Å². The summed E-state index contributed by atoms with van der Waals surface area (Å²) in [6, 6.07) is 12.3. The Morgan fingerprint density at radius 1 is 1.11 bits per heavy atom. The van der Waals surface area contributed by atoms with Crippen LogP contribution in [0.1, 0.15) is 22.1 Å². The van der Waals surface area contributed by atoms with Gasteiger partial charge < -0.3 is 0 Å². The molecule has 94 valence electrons. The van der Waals surface area contributed by atoms with Gasteiger partial charge in [0.15, 0.2) is 0 Å². The van der Waals surface area contributed by atoms with Crippen LogP contribution < -0.4 is 0 Å². The first-order valence-electron chi connectivity index (χ1n) is 5.71. The SMILES string of the molecule is Cc1cc(F)ccc1C(Cl)Cc1ccc(Cl)cc1. The van der Waals surface area contributed by atoms with Gasteiger partial charge >= 0.3 is 0 Å². The molecule has 0 amide bonds. The van der Waals surface area contributed by atoms with E-state index in [0.29, 0.717) is 11.4 Å². The number of hydrogen-bond acceptors (Lipinski definition) is 0. The van der Waals surface area contributed by atoms with E-state index in [0.717, 1.165) is 16.7 Å². The van der Waals surface area contributed by atoms with Gasteiger partial charge in [0, 0.05) is 5.02 Å². The van der Waals surface area contributed by atoms with E-state index >= 15 is 0 Å². The molecule has 0 aromatic heterocycles. The monoisotopic (exact) mass is 282 g/mol. The van der Waals surface area contributed by atoms with Gasteiger partial charge in [0.05, 0.1) is 5.38 Å². The molecule has 2 rings (SSSR count). The first-order valence-corrected chi connectivity index (χ1v) is 6.52. The van der Waals surface area contributed by atoms with Crippen LogP contribution in [0.25, 0.3) is 0 Å². The van der Waals surface area contributed by atoms with Gasteiger partial charge in [-0.3, -0.25) is 0 Å². The number of alkyl halides is 1.